The number of nitrogens with one attached hydrogen (secondary N) is 2. The third kappa shape index (κ3) is 5.11. The third-order valence-corrected chi connectivity index (χ3v) is 5.29. The van der Waals surface area contributed by atoms with Crippen LogP contribution in [0.15, 0.2) is 24.3 Å². The highest BCUT2D eigenvalue weighted by Gasteiger charge is 2.23. The largest absolute Gasteiger partial charge is 0.343 e. The van der Waals surface area contributed by atoms with Crippen molar-refractivity contribution in [2.75, 3.05) is 33.2 Å². The van der Waals surface area contributed by atoms with Crippen molar-refractivity contribution in [3.63, 3.8) is 0 Å². The summed E-state index contributed by atoms with van der Waals surface area (Å²) in [5.41, 5.74) is 2.54. The lowest BCUT2D eigenvalue weighted by atomic mass is 10.0. The maximum Gasteiger partial charge on any atom is 0.317 e. The first kappa shape index (κ1) is 20.5. The number of urea groups is 1. The monoisotopic (exact) mass is 380 g/mol. The van der Waals surface area contributed by atoms with Gasteiger partial charge in [-0.2, -0.15) is 0 Å². The fourth-order valence-corrected chi connectivity index (χ4v) is 3.63. The maximum absolute atomic E-state index is 12.3. The number of carbonyl (C=O) groups is 2. The summed E-state index contributed by atoms with van der Waals surface area (Å²) in [4.78, 5) is 28.3. The highest BCUT2D eigenvalue weighted by molar-refractivity contribution is 5.85. The average molecular weight is 381 g/mol. The number of likely N-dealkylation sites (tertiary alicyclic amines) is 1. The van der Waals surface area contributed by atoms with Crippen molar-refractivity contribution in [3.05, 3.63) is 35.4 Å². The highest BCUT2D eigenvalue weighted by Crippen LogP contribution is 2.18. The molecular formula is C19H29ClN4O2. The van der Waals surface area contributed by atoms with Gasteiger partial charge in [-0.3, -0.25) is 4.79 Å². The van der Waals surface area contributed by atoms with Crippen LogP contribution < -0.4 is 10.6 Å². The number of nitrogens with zero attached hydrogens (tertiary/aromatic N) is 2. The van der Waals surface area contributed by atoms with E-state index >= 15 is 0 Å². The van der Waals surface area contributed by atoms with Gasteiger partial charge < -0.3 is 20.4 Å². The van der Waals surface area contributed by atoms with Gasteiger partial charge in [0.1, 0.15) is 0 Å². The first-order valence-electron chi connectivity index (χ1n) is 9.22. The summed E-state index contributed by atoms with van der Waals surface area (Å²) >= 11 is 0. The van der Waals surface area contributed by atoms with Crippen LogP contribution in [0.3, 0.4) is 0 Å². The predicted molar refractivity (Wildman–Crippen MR) is 104 cm³/mol. The van der Waals surface area contributed by atoms with Gasteiger partial charge in [0, 0.05) is 45.2 Å². The van der Waals surface area contributed by atoms with Crippen LogP contribution in [-0.4, -0.2) is 61.0 Å². The second-order valence-corrected chi connectivity index (χ2v) is 6.87. The summed E-state index contributed by atoms with van der Waals surface area (Å²) in [5, 5.41) is 6.16. The minimum Gasteiger partial charge on any atom is -0.343 e. The SMILES string of the molecule is CNC1CCN(C(=O)CCNC(=O)N2CCc3ccccc3C2)CC1.Cl. The Balaban J connectivity index is 0.00000243. The molecule has 0 atom stereocenters. The molecule has 26 heavy (non-hydrogen) atoms. The fraction of sp³-hybridized carbons (Fsp3) is 0.579. The Kier molecular flexibility index (Phi) is 7.72. The van der Waals surface area contributed by atoms with Crippen LogP contribution in [0.2, 0.25) is 0 Å². The maximum atomic E-state index is 12.3. The molecule has 0 bridgehead atoms. The normalized spacial score (nSPS) is 17.3. The van der Waals surface area contributed by atoms with E-state index in [1.807, 2.05) is 29.0 Å². The molecular weight excluding hydrogens is 352 g/mol. The van der Waals surface area contributed by atoms with Crippen molar-refractivity contribution in [2.24, 2.45) is 0 Å². The summed E-state index contributed by atoms with van der Waals surface area (Å²) in [6.07, 6.45) is 3.27. The van der Waals surface area contributed by atoms with Gasteiger partial charge >= 0.3 is 6.03 Å². The van der Waals surface area contributed by atoms with E-state index in [4.69, 9.17) is 0 Å². The molecule has 1 aromatic rings. The molecule has 7 heteroatoms. The second kappa shape index (κ2) is 9.78. The molecule has 2 N–H and O–H groups in total. The van der Waals surface area contributed by atoms with Crippen LogP contribution in [-0.2, 0) is 17.8 Å². The molecule has 144 valence electrons. The molecule has 0 spiro atoms. The Morgan fingerprint density at radius 2 is 1.77 bits per heavy atom. The summed E-state index contributed by atoms with van der Waals surface area (Å²) in [7, 11) is 1.97. The van der Waals surface area contributed by atoms with Gasteiger partial charge in [-0.25, -0.2) is 4.79 Å². The average Bonchev–Trinajstić information content (AvgIpc) is 2.67. The van der Waals surface area contributed by atoms with Crippen LogP contribution in [0.1, 0.15) is 30.4 Å². The molecule has 0 aliphatic carbocycles. The summed E-state index contributed by atoms with van der Waals surface area (Å²) in [6, 6.07) is 8.70. The van der Waals surface area contributed by atoms with Gasteiger partial charge in [0.15, 0.2) is 0 Å². The molecule has 3 rings (SSSR count). The Hall–Kier alpha value is -1.79. The van der Waals surface area contributed by atoms with Crippen molar-refractivity contribution in [1.82, 2.24) is 20.4 Å². The lowest BCUT2D eigenvalue weighted by Gasteiger charge is -2.32. The lowest BCUT2D eigenvalue weighted by Crippen LogP contribution is -2.46. The smallest absolute Gasteiger partial charge is 0.317 e. The Morgan fingerprint density at radius 1 is 1.08 bits per heavy atom. The van der Waals surface area contributed by atoms with Gasteiger partial charge in [-0.05, 0) is 37.4 Å². The number of carbonyl (C=O) groups excluding carboxylic acids is 2. The van der Waals surface area contributed by atoms with Gasteiger partial charge in [-0.15, -0.1) is 12.4 Å². The first-order chi connectivity index (χ1) is 12.2. The molecule has 1 saturated heterocycles. The van der Waals surface area contributed by atoms with Gasteiger partial charge in [0.2, 0.25) is 5.91 Å². The molecule has 6 nitrogen and oxygen atoms in total. The van der Waals surface area contributed by atoms with E-state index < -0.39 is 0 Å². The standard InChI is InChI=1S/C19H28N4O2.ClH/c1-20-17-8-12-22(13-9-17)18(24)6-10-21-19(25)23-11-7-15-4-2-3-5-16(15)14-23;/h2-5,17,20H,6-14H2,1H3,(H,21,25);1H. The number of fused-ring (bicyclic) bond motifs is 1. The summed E-state index contributed by atoms with van der Waals surface area (Å²) in [5.74, 6) is 0.138. The third-order valence-electron chi connectivity index (χ3n) is 5.29. The van der Waals surface area contributed by atoms with E-state index in [1.165, 1.54) is 11.1 Å². The Morgan fingerprint density at radius 3 is 2.46 bits per heavy atom. The summed E-state index contributed by atoms with van der Waals surface area (Å²) < 4.78 is 0. The molecule has 0 unspecified atom stereocenters. The van der Waals surface area contributed by atoms with E-state index in [0.717, 1.165) is 38.9 Å². The van der Waals surface area contributed by atoms with Crippen LogP contribution in [0.4, 0.5) is 4.79 Å². The van der Waals surface area contributed by atoms with E-state index in [9.17, 15) is 9.59 Å². The molecule has 3 amide bonds. The number of halogens is 1. The molecule has 2 aliphatic heterocycles. The van der Waals surface area contributed by atoms with E-state index in [0.29, 0.717) is 25.6 Å². The molecule has 2 aliphatic rings. The van der Waals surface area contributed by atoms with E-state index in [1.54, 1.807) is 0 Å². The number of piperidine rings is 1. The quantitative estimate of drug-likeness (QED) is 0.836. The van der Waals surface area contributed by atoms with E-state index in [2.05, 4.69) is 22.8 Å². The van der Waals surface area contributed by atoms with Crippen molar-refractivity contribution >= 4 is 24.3 Å². The number of hydrogen-bond donors (Lipinski definition) is 2. The first-order valence-corrected chi connectivity index (χ1v) is 9.22. The number of amides is 3. The second-order valence-electron chi connectivity index (χ2n) is 6.87. The number of rotatable bonds is 4. The zero-order valence-electron chi connectivity index (χ0n) is 15.4. The molecule has 2 heterocycles. The highest BCUT2D eigenvalue weighted by atomic mass is 35.5. The van der Waals surface area contributed by atoms with Gasteiger partial charge in [0.05, 0.1) is 0 Å². The predicted octanol–water partition coefficient (Wildman–Crippen LogP) is 1.78. The number of hydrogen-bond acceptors (Lipinski definition) is 3. The van der Waals surface area contributed by atoms with E-state index in [-0.39, 0.29) is 24.3 Å². The minimum absolute atomic E-state index is 0. The Labute approximate surface area is 161 Å². The van der Waals surface area contributed by atoms with Crippen molar-refractivity contribution in [3.8, 4) is 0 Å². The fourth-order valence-electron chi connectivity index (χ4n) is 3.63. The number of benzene rings is 1. The van der Waals surface area contributed by atoms with Crippen molar-refractivity contribution in [2.45, 2.75) is 38.3 Å². The van der Waals surface area contributed by atoms with Gasteiger partial charge in [0.25, 0.3) is 0 Å². The van der Waals surface area contributed by atoms with Crippen LogP contribution in [0.5, 0.6) is 0 Å². The lowest BCUT2D eigenvalue weighted by molar-refractivity contribution is -0.132. The van der Waals surface area contributed by atoms with Crippen molar-refractivity contribution in [1.29, 1.82) is 0 Å². The molecule has 1 aromatic carbocycles. The molecule has 0 saturated carbocycles. The summed E-state index contributed by atoms with van der Waals surface area (Å²) in [6.45, 7) is 3.39. The topological polar surface area (TPSA) is 64.7 Å². The Bertz CT molecular complexity index is 617. The molecule has 0 aromatic heterocycles. The van der Waals surface area contributed by atoms with Crippen LogP contribution >= 0.6 is 12.4 Å². The molecule has 1 fully saturated rings. The molecule has 0 radical (unpaired) electrons. The minimum atomic E-state index is -0.0730. The van der Waals surface area contributed by atoms with Crippen LogP contribution in [0, 0.1) is 0 Å². The zero-order chi connectivity index (χ0) is 17.6. The van der Waals surface area contributed by atoms with Gasteiger partial charge in [-0.1, -0.05) is 24.3 Å². The van der Waals surface area contributed by atoms with Crippen LogP contribution in [0.25, 0.3) is 0 Å². The van der Waals surface area contributed by atoms with Crippen molar-refractivity contribution < 1.29 is 9.59 Å². The zero-order valence-corrected chi connectivity index (χ0v) is 16.2.